The SMILES string of the molecule is CC(C)CCc1nc(N(CCO)c2ccncc2)c2ccccc2n1. The molecule has 2 aromatic heterocycles. The zero-order valence-corrected chi connectivity index (χ0v) is 14.8. The van der Waals surface area contributed by atoms with Crippen LogP contribution in [0.4, 0.5) is 11.5 Å². The van der Waals surface area contributed by atoms with E-state index in [2.05, 4.69) is 18.8 Å². The van der Waals surface area contributed by atoms with Crippen LogP contribution in [-0.2, 0) is 6.42 Å². The number of aromatic nitrogens is 3. The first-order valence-electron chi connectivity index (χ1n) is 8.73. The van der Waals surface area contributed by atoms with Crippen LogP contribution in [0.25, 0.3) is 10.9 Å². The minimum atomic E-state index is 0.0436. The highest BCUT2D eigenvalue weighted by Crippen LogP contribution is 2.29. The lowest BCUT2D eigenvalue weighted by Gasteiger charge is -2.24. The van der Waals surface area contributed by atoms with Crippen LogP contribution in [0.3, 0.4) is 0 Å². The topological polar surface area (TPSA) is 62.1 Å². The Balaban J connectivity index is 2.10. The van der Waals surface area contributed by atoms with Crippen molar-refractivity contribution in [1.82, 2.24) is 15.0 Å². The first-order valence-corrected chi connectivity index (χ1v) is 8.73. The van der Waals surface area contributed by atoms with E-state index < -0.39 is 0 Å². The lowest BCUT2D eigenvalue weighted by molar-refractivity contribution is 0.305. The molecule has 0 unspecified atom stereocenters. The summed E-state index contributed by atoms with van der Waals surface area (Å²) in [7, 11) is 0. The van der Waals surface area contributed by atoms with Crippen molar-refractivity contribution in [2.45, 2.75) is 26.7 Å². The molecule has 0 saturated heterocycles. The third kappa shape index (κ3) is 4.12. The van der Waals surface area contributed by atoms with Crippen LogP contribution in [0.1, 0.15) is 26.1 Å². The van der Waals surface area contributed by atoms with Crippen molar-refractivity contribution < 1.29 is 5.11 Å². The summed E-state index contributed by atoms with van der Waals surface area (Å²) in [4.78, 5) is 15.7. The number of hydrogen-bond donors (Lipinski definition) is 1. The largest absolute Gasteiger partial charge is 0.395 e. The summed E-state index contributed by atoms with van der Waals surface area (Å²) in [5.74, 6) is 2.29. The molecular formula is C20H24N4O. The van der Waals surface area contributed by atoms with Gasteiger partial charge >= 0.3 is 0 Å². The number of aliphatic hydroxyl groups excluding tert-OH is 1. The van der Waals surface area contributed by atoms with Gasteiger partial charge in [-0.15, -0.1) is 0 Å². The number of anilines is 2. The lowest BCUT2D eigenvalue weighted by Crippen LogP contribution is -2.23. The molecule has 2 heterocycles. The van der Waals surface area contributed by atoms with Crippen molar-refractivity contribution in [3.05, 3.63) is 54.6 Å². The van der Waals surface area contributed by atoms with Crippen LogP contribution < -0.4 is 4.90 Å². The quantitative estimate of drug-likeness (QED) is 0.712. The van der Waals surface area contributed by atoms with Crippen molar-refractivity contribution in [3.63, 3.8) is 0 Å². The highest BCUT2D eigenvalue weighted by Gasteiger charge is 2.16. The standard InChI is InChI=1S/C20H24N4O/c1-15(2)7-8-19-22-18-6-4-3-5-17(18)20(23-19)24(13-14-25)16-9-11-21-12-10-16/h3-6,9-12,15,25H,7-8,13-14H2,1-2H3. The monoisotopic (exact) mass is 336 g/mol. The molecule has 5 nitrogen and oxygen atoms in total. The molecule has 0 spiro atoms. The second-order valence-corrected chi connectivity index (χ2v) is 6.49. The number of pyridine rings is 1. The van der Waals surface area contributed by atoms with Gasteiger partial charge in [-0.05, 0) is 36.6 Å². The van der Waals surface area contributed by atoms with E-state index in [-0.39, 0.29) is 6.61 Å². The number of rotatable bonds is 7. The maximum atomic E-state index is 9.58. The summed E-state index contributed by atoms with van der Waals surface area (Å²) in [6.45, 7) is 4.92. The highest BCUT2D eigenvalue weighted by molar-refractivity contribution is 5.91. The molecule has 0 amide bonds. The number of nitrogens with zero attached hydrogens (tertiary/aromatic N) is 4. The predicted octanol–water partition coefficient (Wildman–Crippen LogP) is 3.74. The predicted molar refractivity (Wildman–Crippen MR) is 101 cm³/mol. The molecule has 0 aliphatic carbocycles. The van der Waals surface area contributed by atoms with Gasteiger partial charge in [-0.1, -0.05) is 26.0 Å². The molecule has 0 fully saturated rings. The molecule has 0 aliphatic heterocycles. The third-order valence-electron chi connectivity index (χ3n) is 4.13. The van der Waals surface area contributed by atoms with Crippen molar-refractivity contribution in [3.8, 4) is 0 Å². The first-order chi connectivity index (χ1) is 12.2. The van der Waals surface area contributed by atoms with Gasteiger partial charge in [-0.3, -0.25) is 4.98 Å². The molecule has 0 aliphatic rings. The van der Waals surface area contributed by atoms with E-state index in [9.17, 15) is 5.11 Å². The van der Waals surface area contributed by atoms with E-state index in [0.29, 0.717) is 12.5 Å². The van der Waals surface area contributed by atoms with Gasteiger partial charge in [0.1, 0.15) is 11.6 Å². The number of benzene rings is 1. The van der Waals surface area contributed by atoms with Crippen LogP contribution in [0.5, 0.6) is 0 Å². The fraction of sp³-hybridized carbons (Fsp3) is 0.350. The minimum Gasteiger partial charge on any atom is -0.395 e. The normalized spacial score (nSPS) is 11.2. The minimum absolute atomic E-state index is 0.0436. The first kappa shape index (κ1) is 17.3. The zero-order chi connectivity index (χ0) is 17.6. The molecule has 5 heteroatoms. The molecule has 1 aromatic carbocycles. The van der Waals surface area contributed by atoms with Gasteiger partial charge in [-0.25, -0.2) is 9.97 Å². The Labute approximate surface area is 148 Å². The fourth-order valence-corrected chi connectivity index (χ4v) is 2.82. The highest BCUT2D eigenvalue weighted by atomic mass is 16.3. The summed E-state index contributed by atoms with van der Waals surface area (Å²) < 4.78 is 0. The van der Waals surface area contributed by atoms with Crippen LogP contribution >= 0.6 is 0 Å². The summed E-state index contributed by atoms with van der Waals surface area (Å²) in [5.41, 5.74) is 1.89. The molecule has 0 saturated carbocycles. The molecule has 0 radical (unpaired) electrons. The van der Waals surface area contributed by atoms with E-state index in [1.54, 1.807) is 12.4 Å². The number of aryl methyl sites for hydroxylation is 1. The molecule has 3 aromatic rings. The Morgan fingerprint density at radius 3 is 2.52 bits per heavy atom. The summed E-state index contributed by atoms with van der Waals surface area (Å²) >= 11 is 0. The Kier molecular flexibility index (Phi) is 5.56. The average Bonchev–Trinajstić information content (AvgIpc) is 2.64. The summed E-state index contributed by atoms with van der Waals surface area (Å²) in [6.07, 6.45) is 5.40. The van der Waals surface area contributed by atoms with Gasteiger partial charge in [0.15, 0.2) is 0 Å². The van der Waals surface area contributed by atoms with Crippen molar-refractivity contribution in [1.29, 1.82) is 0 Å². The number of hydrogen-bond acceptors (Lipinski definition) is 5. The molecule has 0 bridgehead atoms. The van der Waals surface area contributed by atoms with Crippen LogP contribution in [-0.4, -0.2) is 33.2 Å². The van der Waals surface area contributed by atoms with Gasteiger partial charge in [0.2, 0.25) is 0 Å². The molecule has 1 N–H and O–H groups in total. The van der Waals surface area contributed by atoms with Gasteiger partial charge < -0.3 is 10.0 Å². The van der Waals surface area contributed by atoms with E-state index in [1.165, 1.54) is 0 Å². The summed E-state index contributed by atoms with van der Waals surface area (Å²) in [5, 5.41) is 10.6. The van der Waals surface area contributed by atoms with Crippen LogP contribution in [0, 0.1) is 5.92 Å². The molecule has 130 valence electrons. The molecule has 3 rings (SSSR count). The van der Waals surface area contributed by atoms with Gasteiger partial charge in [0, 0.05) is 36.4 Å². The summed E-state index contributed by atoms with van der Waals surface area (Å²) in [6, 6.07) is 11.9. The lowest BCUT2D eigenvalue weighted by atomic mass is 10.1. The van der Waals surface area contributed by atoms with Crippen LogP contribution in [0.2, 0.25) is 0 Å². The average molecular weight is 336 g/mol. The number of para-hydroxylation sites is 1. The maximum absolute atomic E-state index is 9.58. The Bertz CT molecular complexity index is 820. The smallest absolute Gasteiger partial charge is 0.144 e. The van der Waals surface area contributed by atoms with E-state index >= 15 is 0 Å². The Hall–Kier alpha value is -2.53. The van der Waals surface area contributed by atoms with Crippen molar-refractivity contribution in [2.75, 3.05) is 18.1 Å². The van der Waals surface area contributed by atoms with Crippen molar-refractivity contribution >= 4 is 22.4 Å². The molecule has 0 atom stereocenters. The van der Waals surface area contributed by atoms with E-state index in [1.807, 2.05) is 41.3 Å². The van der Waals surface area contributed by atoms with Gasteiger partial charge in [-0.2, -0.15) is 0 Å². The van der Waals surface area contributed by atoms with E-state index in [0.717, 1.165) is 41.1 Å². The van der Waals surface area contributed by atoms with Crippen LogP contribution in [0.15, 0.2) is 48.8 Å². The van der Waals surface area contributed by atoms with Gasteiger partial charge in [0.05, 0.1) is 12.1 Å². The second-order valence-electron chi connectivity index (χ2n) is 6.49. The maximum Gasteiger partial charge on any atom is 0.144 e. The molecule has 25 heavy (non-hydrogen) atoms. The zero-order valence-electron chi connectivity index (χ0n) is 14.8. The molecular weight excluding hydrogens is 312 g/mol. The fourth-order valence-electron chi connectivity index (χ4n) is 2.82. The third-order valence-corrected chi connectivity index (χ3v) is 4.13. The van der Waals surface area contributed by atoms with E-state index in [4.69, 9.17) is 9.97 Å². The second kappa shape index (κ2) is 8.03. The number of fused-ring (bicyclic) bond motifs is 1. The number of aliphatic hydroxyl groups is 1. The van der Waals surface area contributed by atoms with Crippen molar-refractivity contribution in [2.24, 2.45) is 5.92 Å². The Morgan fingerprint density at radius 1 is 1.04 bits per heavy atom. The Morgan fingerprint density at radius 2 is 1.80 bits per heavy atom. The van der Waals surface area contributed by atoms with Gasteiger partial charge in [0.25, 0.3) is 0 Å².